The molecule has 84 valence electrons. The number of hydrogen-bond acceptors (Lipinski definition) is 2. The van der Waals surface area contributed by atoms with Gasteiger partial charge in [0, 0.05) is 15.9 Å². The maximum absolute atomic E-state index is 10.1. The van der Waals surface area contributed by atoms with Gasteiger partial charge in [0.1, 0.15) is 0 Å². The average Bonchev–Trinajstić information content (AvgIpc) is 2.74. The lowest BCUT2D eigenvalue weighted by Crippen LogP contribution is -2.02. The zero-order chi connectivity index (χ0) is 11.5. The smallest absolute Gasteiger partial charge is 0.0935 e. The van der Waals surface area contributed by atoms with E-state index in [1.54, 1.807) is 24.7 Å². The van der Waals surface area contributed by atoms with Crippen LogP contribution in [0.2, 0.25) is 5.02 Å². The summed E-state index contributed by atoms with van der Waals surface area (Å²) < 4.78 is 5.81. The third kappa shape index (κ3) is 2.67. The molecule has 0 radical (unpaired) electrons. The average molecular weight is 302 g/mol. The fraction of sp³-hybridized carbons (Fsp3) is 0.167. The van der Waals surface area contributed by atoms with Crippen LogP contribution >= 0.6 is 27.5 Å². The molecule has 0 aliphatic heterocycles. The highest BCUT2D eigenvalue weighted by atomic mass is 79.9. The van der Waals surface area contributed by atoms with E-state index < -0.39 is 6.10 Å². The Kier molecular flexibility index (Phi) is 3.69. The van der Waals surface area contributed by atoms with Gasteiger partial charge >= 0.3 is 0 Å². The van der Waals surface area contributed by atoms with E-state index in [-0.39, 0.29) is 0 Å². The van der Waals surface area contributed by atoms with Crippen LogP contribution in [0, 0.1) is 0 Å². The minimum Gasteiger partial charge on any atom is -0.472 e. The Balaban J connectivity index is 2.20. The fourth-order valence-corrected chi connectivity index (χ4v) is 2.20. The molecule has 0 saturated heterocycles. The third-order valence-electron chi connectivity index (χ3n) is 2.33. The van der Waals surface area contributed by atoms with Crippen molar-refractivity contribution < 1.29 is 9.52 Å². The maximum Gasteiger partial charge on any atom is 0.0935 e. The molecule has 1 aromatic heterocycles. The van der Waals surface area contributed by atoms with Crippen LogP contribution in [-0.2, 0) is 6.42 Å². The van der Waals surface area contributed by atoms with Gasteiger partial charge in [0.05, 0.1) is 18.6 Å². The zero-order valence-electron chi connectivity index (χ0n) is 8.36. The van der Waals surface area contributed by atoms with E-state index in [1.165, 1.54) is 0 Å². The van der Waals surface area contributed by atoms with Crippen LogP contribution in [0.1, 0.15) is 17.2 Å². The van der Waals surface area contributed by atoms with E-state index in [0.717, 1.165) is 15.6 Å². The van der Waals surface area contributed by atoms with Crippen molar-refractivity contribution in [3.8, 4) is 0 Å². The van der Waals surface area contributed by atoms with Crippen LogP contribution in [0.4, 0.5) is 0 Å². The van der Waals surface area contributed by atoms with Crippen molar-refractivity contribution in [3.05, 3.63) is 57.4 Å². The topological polar surface area (TPSA) is 33.4 Å². The minimum absolute atomic E-state index is 0.509. The fourth-order valence-electron chi connectivity index (χ4n) is 1.51. The SMILES string of the molecule is OC(Cc1ccoc1)c1cc(Cl)ccc1Br. The van der Waals surface area contributed by atoms with Gasteiger partial charge in [0.2, 0.25) is 0 Å². The quantitative estimate of drug-likeness (QED) is 0.930. The van der Waals surface area contributed by atoms with Crippen molar-refractivity contribution in [2.45, 2.75) is 12.5 Å². The standard InChI is InChI=1S/C12H10BrClO2/c13-11-2-1-9(14)6-10(11)12(15)5-8-3-4-16-7-8/h1-4,6-7,12,15H,5H2. The summed E-state index contributed by atoms with van der Waals surface area (Å²) in [5.74, 6) is 0. The largest absolute Gasteiger partial charge is 0.472 e. The number of furan rings is 1. The number of rotatable bonds is 3. The van der Waals surface area contributed by atoms with Gasteiger partial charge in [0.15, 0.2) is 0 Å². The summed E-state index contributed by atoms with van der Waals surface area (Å²) in [4.78, 5) is 0. The van der Waals surface area contributed by atoms with Gasteiger partial charge in [-0.05, 0) is 35.4 Å². The van der Waals surface area contributed by atoms with Crippen molar-refractivity contribution in [3.63, 3.8) is 0 Å². The first-order valence-corrected chi connectivity index (χ1v) is 5.98. The summed E-state index contributed by atoms with van der Waals surface area (Å²) in [6.07, 6.45) is 3.14. The number of hydrogen-bond donors (Lipinski definition) is 1. The van der Waals surface area contributed by atoms with Crippen molar-refractivity contribution in [2.75, 3.05) is 0 Å². The van der Waals surface area contributed by atoms with Crippen molar-refractivity contribution >= 4 is 27.5 Å². The molecule has 1 N–H and O–H groups in total. The molecule has 2 rings (SSSR count). The van der Waals surface area contributed by atoms with E-state index in [4.69, 9.17) is 16.0 Å². The van der Waals surface area contributed by atoms with Crippen LogP contribution in [0.15, 0.2) is 45.7 Å². The molecule has 0 spiro atoms. The van der Waals surface area contributed by atoms with Crippen molar-refractivity contribution in [2.24, 2.45) is 0 Å². The lowest BCUT2D eigenvalue weighted by atomic mass is 10.0. The van der Waals surface area contributed by atoms with Gasteiger partial charge in [-0.3, -0.25) is 0 Å². The first kappa shape index (κ1) is 11.7. The molecule has 0 aliphatic carbocycles. The second-order valence-electron chi connectivity index (χ2n) is 3.52. The monoisotopic (exact) mass is 300 g/mol. The van der Waals surface area contributed by atoms with E-state index in [2.05, 4.69) is 15.9 Å². The highest BCUT2D eigenvalue weighted by Gasteiger charge is 2.13. The first-order valence-electron chi connectivity index (χ1n) is 4.81. The Morgan fingerprint density at radius 2 is 2.19 bits per heavy atom. The van der Waals surface area contributed by atoms with Crippen molar-refractivity contribution in [1.29, 1.82) is 0 Å². The molecule has 0 fully saturated rings. The molecule has 16 heavy (non-hydrogen) atoms. The molecule has 4 heteroatoms. The Hall–Kier alpha value is -0.770. The number of benzene rings is 1. The molecule has 2 nitrogen and oxygen atoms in total. The van der Waals surface area contributed by atoms with Gasteiger partial charge in [-0.1, -0.05) is 27.5 Å². The normalized spacial score (nSPS) is 12.7. The minimum atomic E-state index is -0.592. The zero-order valence-corrected chi connectivity index (χ0v) is 10.7. The van der Waals surface area contributed by atoms with Crippen LogP contribution in [0.25, 0.3) is 0 Å². The summed E-state index contributed by atoms with van der Waals surface area (Å²) in [7, 11) is 0. The van der Waals surface area contributed by atoms with Gasteiger partial charge in [-0.15, -0.1) is 0 Å². The second kappa shape index (κ2) is 5.04. The highest BCUT2D eigenvalue weighted by Crippen LogP contribution is 2.28. The Bertz CT molecular complexity index is 468. The van der Waals surface area contributed by atoms with Crippen LogP contribution in [-0.4, -0.2) is 5.11 Å². The Labute approximate surface area is 107 Å². The molecule has 0 saturated carbocycles. The second-order valence-corrected chi connectivity index (χ2v) is 4.81. The van der Waals surface area contributed by atoms with Crippen molar-refractivity contribution in [1.82, 2.24) is 0 Å². The lowest BCUT2D eigenvalue weighted by Gasteiger charge is -2.12. The third-order valence-corrected chi connectivity index (χ3v) is 3.28. The summed E-state index contributed by atoms with van der Waals surface area (Å²) in [6, 6.07) is 7.20. The van der Waals surface area contributed by atoms with Crippen LogP contribution < -0.4 is 0 Å². The summed E-state index contributed by atoms with van der Waals surface area (Å²) in [6.45, 7) is 0. The van der Waals surface area contributed by atoms with Gasteiger partial charge < -0.3 is 9.52 Å². The molecular formula is C12H10BrClO2. The van der Waals surface area contributed by atoms with E-state index in [9.17, 15) is 5.11 Å². The number of aliphatic hydroxyl groups excluding tert-OH is 1. The van der Waals surface area contributed by atoms with Crippen LogP contribution in [0.5, 0.6) is 0 Å². The molecule has 1 heterocycles. The molecule has 1 aromatic carbocycles. The first-order chi connectivity index (χ1) is 7.66. The lowest BCUT2D eigenvalue weighted by molar-refractivity contribution is 0.177. The molecule has 0 amide bonds. The van der Waals surface area contributed by atoms with E-state index in [0.29, 0.717) is 11.4 Å². The van der Waals surface area contributed by atoms with Gasteiger partial charge in [-0.25, -0.2) is 0 Å². The van der Waals surface area contributed by atoms with E-state index >= 15 is 0 Å². The molecule has 1 unspecified atom stereocenters. The summed E-state index contributed by atoms with van der Waals surface area (Å²) in [5.41, 5.74) is 1.74. The predicted octanol–water partition coefficient (Wildman–Crippen LogP) is 3.97. The summed E-state index contributed by atoms with van der Waals surface area (Å²) in [5, 5.41) is 10.7. The Morgan fingerprint density at radius 1 is 1.38 bits per heavy atom. The van der Waals surface area contributed by atoms with Gasteiger partial charge in [0.25, 0.3) is 0 Å². The molecule has 1 atom stereocenters. The highest BCUT2D eigenvalue weighted by molar-refractivity contribution is 9.10. The number of aliphatic hydroxyl groups is 1. The van der Waals surface area contributed by atoms with Crippen LogP contribution in [0.3, 0.4) is 0 Å². The molecular weight excluding hydrogens is 291 g/mol. The molecule has 2 aromatic rings. The number of halogens is 2. The molecule has 0 bridgehead atoms. The predicted molar refractivity (Wildman–Crippen MR) is 66.5 cm³/mol. The van der Waals surface area contributed by atoms with E-state index in [1.807, 2.05) is 12.1 Å². The Morgan fingerprint density at radius 3 is 2.88 bits per heavy atom. The van der Waals surface area contributed by atoms with Gasteiger partial charge in [-0.2, -0.15) is 0 Å². The maximum atomic E-state index is 10.1. The summed E-state index contributed by atoms with van der Waals surface area (Å²) >= 11 is 9.29. The molecule has 0 aliphatic rings.